The Morgan fingerprint density at radius 2 is 1.62 bits per heavy atom. The predicted octanol–water partition coefficient (Wildman–Crippen LogP) is 4.39. The van der Waals surface area contributed by atoms with E-state index in [0.29, 0.717) is 42.1 Å². The molecule has 2 aromatic carbocycles. The van der Waals surface area contributed by atoms with Crippen LogP contribution < -0.4 is 37.2 Å². The number of nitrogen functional groups attached to an aromatic ring is 1. The molecule has 2 unspecified atom stereocenters. The van der Waals surface area contributed by atoms with Gasteiger partial charge >= 0.3 is 0 Å². The summed E-state index contributed by atoms with van der Waals surface area (Å²) in [6, 6.07) is 16.1. The predicted molar refractivity (Wildman–Crippen MR) is 278 cm³/mol. The minimum absolute atomic E-state index is 0.0177. The Labute approximate surface area is 425 Å². The lowest BCUT2D eigenvalue weighted by molar-refractivity contribution is -0.144. The summed E-state index contributed by atoms with van der Waals surface area (Å²) in [7, 11) is 0. The zero-order valence-electron chi connectivity index (χ0n) is 41.7. The van der Waals surface area contributed by atoms with Crippen LogP contribution in [-0.4, -0.2) is 134 Å². The third kappa shape index (κ3) is 12.0. The molecule has 1 saturated carbocycles. The van der Waals surface area contributed by atoms with Gasteiger partial charge in [0.15, 0.2) is 5.82 Å². The highest BCUT2D eigenvalue weighted by molar-refractivity contribution is 7.13. The van der Waals surface area contributed by atoms with Crippen LogP contribution in [0.5, 0.6) is 5.75 Å². The minimum Gasteiger partial charge on any atom is -0.507 e. The summed E-state index contributed by atoms with van der Waals surface area (Å²) in [5.74, 6) is 1.08. The van der Waals surface area contributed by atoms with E-state index in [2.05, 4.69) is 46.7 Å². The summed E-state index contributed by atoms with van der Waals surface area (Å²) >= 11 is 1.58. The van der Waals surface area contributed by atoms with Gasteiger partial charge in [-0.25, -0.2) is 15.0 Å². The number of nitrogens with one attached hydrogen (secondary N) is 5. The smallest absolute Gasteiger partial charge is 0.246 e. The van der Waals surface area contributed by atoms with Crippen LogP contribution in [-0.2, 0) is 20.9 Å². The van der Waals surface area contributed by atoms with Crippen molar-refractivity contribution < 1.29 is 24.6 Å². The second kappa shape index (κ2) is 22.3. The first-order valence-electron chi connectivity index (χ1n) is 25.4. The number of aliphatic hydroxyl groups is 1. The fourth-order valence-corrected chi connectivity index (χ4v) is 11.8. The van der Waals surface area contributed by atoms with E-state index < -0.39 is 23.6 Å². The van der Waals surface area contributed by atoms with Crippen molar-refractivity contribution in [1.29, 1.82) is 0 Å². The summed E-state index contributed by atoms with van der Waals surface area (Å²) in [4.78, 5) is 59.9. The van der Waals surface area contributed by atoms with Crippen molar-refractivity contribution in [3.05, 3.63) is 95.1 Å². The number of hydrogen-bond acceptors (Lipinski definition) is 16. The van der Waals surface area contributed by atoms with Gasteiger partial charge in [0.25, 0.3) is 0 Å². The van der Waals surface area contributed by atoms with Gasteiger partial charge in [0.05, 0.1) is 40.1 Å². The molecule has 5 atom stereocenters. The monoisotopic (exact) mass is 1000 g/mol. The number of aryl methyl sites for hydroxylation is 1. The van der Waals surface area contributed by atoms with E-state index in [1.807, 2.05) is 88.1 Å². The topological polar surface area (TPSA) is 249 Å². The SMILES string of the molecule is Cc1ncsc1-c1ccc(CNC(=O)[C@@H]2C[C@@H](O)CN2C(=O)[C@@H](NC(=O)CNCCN[C@H]2CC[C@@H](c3cnc(C4CC5CN(c6cc(-c7ccccc7O)nnc6N)CC(C4)N5)nc3)CC2)C(C)(C)C)cc1. The number of likely N-dealkylation sites (tertiary alicyclic amines) is 1. The first kappa shape index (κ1) is 50.8. The number of phenolic OH excluding ortho intramolecular Hbond substituents is 1. The number of aromatic hydroxyl groups is 1. The molecule has 72 heavy (non-hydrogen) atoms. The number of thiazole rings is 1. The number of nitrogens with two attached hydrogens (primary N) is 1. The minimum atomic E-state index is -0.897. The molecule has 18 nitrogen and oxygen atoms in total. The molecule has 2 bridgehead atoms. The zero-order chi connectivity index (χ0) is 50.5. The number of hydrogen-bond donors (Lipinski definition) is 8. The molecule has 4 fully saturated rings. The number of amides is 3. The second-order valence-corrected chi connectivity index (χ2v) is 22.0. The fourth-order valence-electron chi connectivity index (χ4n) is 10.9. The number of rotatable bonds is 16. The fraction of sp³-hybridized carbons (Fsp3) is 0.509. The van der Waals surface area contributed by atoms with Crippen molar-refractivity contribution in [2.75, 3.05) is 49.9 Å². The summed E-state index contributed by atoms with van der Waals surface area (Å²) in [5, 5.41) is 46.1. The van der Waals surface area contributed by atoms with E-state index in [-0.39, 0.29) is 67.5 Å². The zero-order valence-corrected chi connectivity index (χ0v) is 42.5. The van der Waals surface area contributed by atoms with Crippen LogP contribution in [0.15, 0.2) is 72.5 Å². The Balaban J connectivity index is 0.681. The molecule has 382 valence electrons. The van der Waals surface area contributed by atoms with Crippen molar-refractivity contribution in [1.82, 2.24) is 56.6 Å². The number of piperazine rings is 1. The first-order chi connectivity index (χ1) is 34.7. The molecule has 0 spiro atoms. The summed E-state index contributed by atoms with van der Waals surface area (Å²) in [5.41, 5.74) is 13.7. The van der Waals surface area contributed by atoms with E-state index >= 15 is 0 Å². The molecule has 1 aliphatic carbocycles. The van der Waals surface area contributed by atoms with Crippen LogP contribution in [0.2, 0.25) is 0 Å². The number of carbonyl (C=O) groups is 3. The van der Waals surface area contributed by atoms with Gasteiger partial charge in [-0.05, 0) is 91.7 Å². The van der Waals surface area contributed by atoms with Crippen LogP contribution in [0.3, 0.4) is 0 Å². The number of para-hydroxylation sites is 1. The quantitative estimate of drug-likeness (QED) is 0.0639. The largest absolute Gasteiger partial charge is 0.507 e. The summed E-state index contributed by atoms with van der Waals surface area (Å²) in [6.07, 6.45) is 9.36. The van der Waals surface area contributed by atoms with Crippen LogP contribution >= 0.6 is 11.3 Å². The highest BCUT2D eigenvalue weighted by atomic mass is 32.1. The normalized spacial score (nSPS) is 23.7. The Hall–Kier alpha value is -6.12. The lowest BCUT2D eigenvalue weighted by Gasteiger charge is -2.46. The van der Waals surface area contributed by atoms with Gasteiger partial charge in [0.2, 0.25) is 17.7 Å². The Morgan fingerprint density at radius 3 is 2.31 bits per heavy atom. The van der Waals surface area contributed by atoms with Crippen LogP contribution in [0, 0.1) is 12.3 Å². The number of fused-ring (bicyclic) bond motifs is 2. The van der Waals surface area contributed by atoms with E-state index in [4.69, 9.17) is 15.7 Å². The molecule has 0 radical (unpaired) electrons. The van der Waals surface area contributed by atoms with Gasteiger partial charge in [-0.3, -0.25) is 14.4 Å². The molecule has 19 heteroatoms. The third-order valence-electron chi connectivity index (χ3n) is 14.8. The number of carbonyl (C=O) groups excluding carboxylic acids is 3. The Kier molecular flexibility index (Phi) is 15.8. The molecule has 3 aromatic heterocycles. The Bertz CT molecular complexity index is 2660. The number of aliphatic hydroxyl groups excluding tert-OH is 1. The maximum atomic E-state index is 14.1. The number of aromatic nitrogens is 5. The molecule has 3 amide bonds. The standard InChI is InChI=1S/C53H69N13O5S/c1-31-47(72-30-60-31)34-11-9-32(10-12-34)23-59-51(70)44-21-40(67)29-66(44)52(71)48(53(2,3)4)62-46(69)26-55-17-18-56-37-15-13-33(14-16-37)36-24-57-50(58-25-36)35-19-38-27-65(28-39(20-35)61-38)43-22-42(63-64-49(43)54)41-7-5-6-8-45(41)68/h5-12,22,24-25,30,33,35,37-40,44,48,55-56,61,67-68H,13-21,23,26-29H2,1-4H3,(H2,54,64)(H,59,70)(H,62,69)/t33-,35?,37+,38?,39?,40-,44+,48-/m1/s1. The van der Waals surface area contributed by atoms with Crippen LogP contribution in [0.4, 0.5) is 11.5 Å². The van der Waals surface area contributed by atoms with Crippen molar-refractivity contribution in [2.24, 2.45) is 5.41 Å². The van der Waals surface area contributed by atoms with Crippen molar-refractivity contribution in [2.45, 2.75) is 127 Å². The van der Waals surface area contributed by atoms with Gasteiger partial charge in [-0.1, -0.05) is 57.2 Å². The number of phenols is 1. The average molecular weight is 1000 g/mol. The summed E-state index contributed by atoms with van der Waals surface area (Å²) in [6.45, 7) is 10.8. The highest BCUT2D eigenvalue weighted by Gasteiger charge is 2.44. The van der Waals surface area contributed by atoms with Crippen LogP contribution in [0.25, 0.3) is 21.7 Å². The average Bonchev–Trinajstić information content (AvgIpc) is 3.99. The van der Waals surface area contributed by atoms with Crippen LogP contribution in [0.1, 0.15) is 100 Å². The van der Waals surface area contributed by atoms with Gasteiger partial charge < -0.3 is 52.3 Å². The number of β-amino-alcohol motifs (C(OH)–C–C–N with tert-alkyl or cyclic N) is 1. The lowest BCUT2D eigenvalue weighted by Crippen LogP contribution is -2.60. The van der Waals surface area contributed by atoms with E-state index in [1.54, 1.807) is 23.5 Å². The maximum Gasteiger partial charge on any atom is 0.246 e. The van der Waals surface area contributed by atoms with Crippen molar-refractivity contribution in [3.8, 4) is 27.4 Å². The third-order valence-corrected chi connectivity index (χ3v) is 15.8. The van der Waals surface area contributed by atoms with E-state index in [9.17, 15) is 24.6 Å². The maximum absolute atomic E-state index is 14.1. The molecule has 6 heterocycles. The number of nitrogens with zero attached hydrogens (tertiary/aromatic N) is 7. The molecule has 5 aromatic rings. The second-order valence-electron chi connectivity index (χ2n) is 21.1. The van der Waals surface area contributed by atoms with E-state index in [0.717, 1.165) is 84.8 Å². The number of anilines is 2. The first-order valence-corrected chi connectivity index (χ1v) is 26.3. The number of benzene rings is 2. The molecular formula is C53H69N13O5S. The summed E-state index contributed by atoms with van der Waals surface area (Å²) < 4.78 is 0. The van der Waals surface area contributed by atoms with Crippen molar-refractivity contribution >= 4 is 40.6 Å². The number of piperidine rings is 1. The van der Waals surface area contributed by atoms with Crippen molar-refractivity contribution in [3.63, 3.8) is 0 Å². The van der Waals surface area contributed by atoms with Gasteiger partial charge in [0, 0.05) is 87.7 Å². The Morgan fingerprint density at radius 1 is 0.903 bits per heavy atom. The lowest BCUT2D eigenvalue weighted by atomic mass is 9.82. The van der Waals surface area contributed by atoms with E-state index in [1.165, 1.54) is 10.5 Å². The molecule has 9 N–H and O–H groups in total. The molecule has 3 aliphatic heterocycles. The van der Waals surface area contributed by atoms with Gasteiger partial charge in [-0.2, -0.15) is 0 Å². The van der Waals surface area contributed by atoms with Gasteiger partial charge in [0.1, 0.15) is 23.7 Å². The van der Waals surface area contributed by atoms with Gasteiger partial charge in [-0.15, -0.1) is 21.5 Å². The molecular weight excluding hydrogens is 931 g/mol. The molecule has 9 rings (SSSR count). The highest BCUT2D eigenvalue weighted by Crippen LogP contribution is 2.38. The molecule has 4 aliphatic rings. The molecule has 3 saturated heterocycles.